The van der Waals surface area contributed by atoms with E-state index in [4.69, 9.17) is 24.5 Å². The minimum atomic E-state index is -1.82. The Morgan fingerprint density at radius 1 is 0.844 bits per heavy atom. The van der Waals surface area contributed by atoms with Crippen molar-refractivity contribution in [2.45, 2.75) is 19.3 Å². The number of carboxylic acid groups (broad SMARTS) is 2. The van der Waals surface area contributed by atoms with Gasteiger partial charge in [-0.3, -0.25) is 4.90 Å². The Bertz CT molecular complexity index is 996. The Kier molecular flexibility index (Phi) is 8.63. The Labute approximate surface area is 188 Å². The van der Waals surface area contributed by atoms with Crippen molar-refractivity contribution in [1.29, 1.82) is 0 Å². The summed E-state index contributed by atoms with van der Waals surface area (Å²) < 4.78 is 6.10. The summed E-state index contributed by atoms with van der Waals surface area (Å²) in [6.07, 6.45) is 3.81. The molecule has 0 aromatic heterocycles. The number of hydrogen-bond donors (Lipinski definition) is 2. The predicted octanol–water partition coefficient (Wildman–Crippen LogP) is 4.33. The van der Waals surface area contributed by atoms with Crippen molar-refractivity contribution in [3.63, 3.8) is 0 Å². The van der Waals surface area contributed by atoms with Gasteiger partial charge < -0.3 is 14.9 Å². The molecule has 6 heteroatoms. The van der Waals surface area contributed by atoms with E-state index in [9.17, 15) is 0 Å². The summed E-state index contributed by atoms with van der Waals surface area (Å²) >= 11 is 0. The number of ether oxygens (including phenoxy) is 1. The Balaban J connectivity index is 0.000000427. The van der Waals surface area contributed by atoms with Crippen LogP contribution in [-0.4, -0.2) is 53.3 Å². The maximum absolute atomic E-state index is 9.10. The molecule has 0 atom stereocenters. The maximum Gasteiger partial charge on any atom is 0.414 e. The van der Waals surface area contributed by atoms with Crippen molar-refractivity contribution in [1.82, 2.24) is 4.90 Å². The predicted molar refractivity (Wildman–Crippen MR) is 124 cm³/mol. The summed E-state index contributed by atoms with van der Waals surface area (Å²) in [4.78, 5) is 20.7. The second-order valence-corrected chi connectivity index (χ2v) is 7.91. The summed E-state index contributed by atoms with van der Waals surface area (Å²) in [5, 5.41) is 17.2. The van der Waals surface area contributed by atoms with Crippen LogP contribution in [0.2, 0.25) is 0 Å². The standard InChI is InChI=1S/C24H27NO.C2H2O4/c1-2-7-20(8-3-1)19-21-13-15-25(16-14-21)17-18-26-24-12-6-10-22-9-4-5-11-23(22)24;3-1(4)2(5)6/h1-12,21H,13-19H2;(H,3,4)(H,5,6). The van der Waals surface area contributed by atoms with Crippen LogP contribution in [-0.2, 0) is 16.0 Å². The summed E-state index contributed by atoms with van der Waals surface area (Å²) in [5.74, 6) is -1.82. The number of likely N-dealkylation sites (tertiary alicyclic amines) is 1. The zero-order chi connectivity index (χ0) is 22.8. The van der Waals surface area contributed by atoms with Crippen molar-refractivity contribution in [3.05, 3.63) is 78.4 Å². The van der Waals surface area contributed by atoms with Crippen LogP contribution in [0.5, 0.6) is 5.75 Å². The number of aliphatic carboxylic acids is 2. The van der Waals surface area contributed by atoms with Gasteiger partial charge in [0.15, 0.2) is 0 Å². The van der Waals surface area contributed by atoms with Crippen LogP contribution in [0.15, 0.2) is 72.8 Å². The van der Waals surface area contributed by atoms with Crippen LogP contribution in [0, 0.1) is 5.92 Å². The molecule has 3 aromatic rings. The van der Waals surface area contributed by atoms with Gasteiger partial charge in [-0.25, -0.2) is 9.59 Å². The Morgan fingerprint density at radius 3 is 2.16 bits per heavy atom. The second-order valence-electron chi connectivity index (χ2n) is 7.91. The van der Waals surface area contributed by atoms with Gasteiger partial charge >= 0.3 is 11.9 Å². The minimum Gasteiger partial charge on any atom is -0.492 e. The average Bonchev–Trinajstić information content (AvgIpc) is 2.81. The molecule has 6 nitrogen and oxygen atoms in total. The van der Waals surface area contributed by atoms with Crippen molar-refractivity contribution in [3.8, 4) is 5.75 Å². The number of fused-ring (bicyclic) bond motifs is 1. The lowest BCUT2D eigenvalue weighted by Crippen LogP contribution is -2.37. The fourth-order valence-corrected chi connectivity index (χ4v) is 3.97. The van der Waals surface area contributed by atoms with Gasteiger partial charge in [0.2, 0.25) is 0 Å². The lowest BCUT2D eigenvalue weighted by Gasteiger charge is -2.32. The van der Waals surface area contributed by atoms with Crippen LogP contribution in [0.25, 0.3) is 10.8 Å². The first-order chi connectivity index (χ1) is 15.5. The van der Waals surface area contributed by atoms with E-state index in [1.54, 1.807) is 0 Å². The highest BCUT2D eigenvalue weighted by atomic mass is 16.5. The SMILES string of the molecule is O=C(O)C(=O)O.c1ccc(CC2CCN(CCOc3cccc4ccccc34)CC2)cc1. The van der Waals surface area contributed by atoms with Crippen LogP contribution in [0.4, 0.5) is 0 Å². The molecule has 32 heavy (non-hydrogen) atoms. The number of carbonyl (C=O) groups is 2. The zero-order valence-corrected chi connectivity index (χ0v) is 18.0. The molecule has 0 aliphatic carbocycles. The first kappa shape index (κ1) is 23.3. The smallest absolute Gasteiger partial charge is 0.414 e. The number of nitrogens with zero attached hydrogens (tertiary/aromatic N) is 1. The Hall–Kier alpha value is -3.38. The van der Waals surface area contributed by atoms with E-state index in [1.807, 2.05) is 0 Å². The highest BCUT2D eigenvalue weighted by molar-refractivity contribution is 6.27. The summed E-state index contributed by atoms with van der Waals surface area (Å²) in [5.41, 5.74) is 1.48. The highest BCUT2D eigenvalue weighted by Crippen LogP contribution is 2.25. The van der Waals surface area contributed by atoms with Crippen molar-refractivity contribution < 1.29 is 24.5 Å². The quantitative estimate of drug-likeness (QED) is 0.561. The van der Waals surface area contributed by atoms with E-state index < -0.39 is 11.9 Å². The van der Waals surface area contributed by atoms with E-state index in [0.29, 0.717) is 0 Å². The van der Waals surface area contributed by atoms with Crippen molar-refractivity contribution >= 4 is 22.7 Å². The van der Waals surface area contributed by atoms with Crippen molar-refractivity contribution in [2.24, 2.45) is 5.92 Å². The molecule has 1 heterocycles. The zero-order valence-electron chi connectivity index (χ0n) is 18.0. The molecule has 0 spiro atoms. The van der Waals surface area contributed by atoms with E-state index in [2.05, 4.69) is 77.7 Å². The van der Waals surface area contributed by atoms with Gasteiger partial charge in [0.25, 0.3) is 0 Å². The molecule has 0 radical (unpaired) electrons. The molecule has 2 N–H and O–H groups in total. The fraction of sp³-hybridized carbons (Fsp3) is 0.308. The first-order valence-electron chi connectivity index (χ1n) is 10.9. The molecule has 1 saturated heterocycles. The third kappa shape index (κ3) is 7.10. The van der Waals surface area contributed by atoms with Crippen LogP contribution in [0.3, 0.4) is 0 Å². The van der Waals surface area contributed by atoms with Crippen LogP contribution < -0.4 is 4.74 Å². The molecule has 1 aliphatic rings. The number of carboxylic acids is 2. The molecule has 1 fully saturated rings. The largest absolute Gasteiger partial charge is 0.492 e. The molecule has 0 bridgehead atoms. The lowest BCUT2D eigenvalue weighted by molar-refractivity contribution is -0.159. The molecule has 3 aromatic carbocycles. The van der Waals surface area contributed by atoms with E-state index in [-0.39, 0.29) is 0 Å². The van der Waals surface area contributed by atoms with Gasteiger partial charge in [-0.05, 0) is 55.3 Å². The minimum absolute atomic E-state index is 0.761. The topological polar surface area (TPSA) is 87.1 Å². The summed E-state index contributed by atoms with van der Waals surface area (Å²) in [7, 11) is 0. The molecule has 0 saturated carbocycles. The molecule has 0 amide bonds. The normalized spacial score (nSPS) is 14.4. The average molecular weight is 436 g/mol. The molecule has 0 unspecified atom stereocenters. The molecular formula is C26H29NO5. The first-order valence-corrected chi connectivity index (χ1v) is 10.9. The molecule has 168 valence electrons. The number of hydrogen-bond acceptors (Lipinski definition) is 4. The molecule has 4 rings (SSSR count). The number of piperidine rings is 1. The van der Waals surface area contributed by atoms with E-state index in [1.165, 1.54) is 48.7 Å². The van der Waals surface area contributed by atoms with Gasteiger partial charge in [0.05, 0.1) is 0 Å². The van der Waals surface area contributed by atoms with Gasteiger partial charge in [0, 0.05) is 11.9 Å². The van der Waals surface area contributed by atoms with Gasteiger partial charge in [0.1, 0.15) is 12.4 Å². The van der Waals surface area contributed by atoms with Gasteiger partial charge in [-0.2, -0.15) is 0 Å². The van der Waals surface area contributed by atoms with E-state index >= 15 is 0 Å². The van der Waals surface area contributed by atoms with Crippen LogP contribution >= 0.6 is 0 Å². The van der Waals surface area contributed by atoms with Crippen LogP contribution in [0.1, 0.15) is 18.4 Å². The fourth-order valence-electron chi connectivity index (χ4n) is 3.97. The number of rotatable bonds is 6. The number of benzene rings is 3. The summed E-state index contributed by atoms with van der Waals surface area (Å²) in [6, 6.07) is 25.6. The molecular weight excluding hydrogens is 406 g/mol. The Morgan fingerprint density at radius 2 is 1.47 bits per heavy atom. The third-order valence-corrected chi connectivity index (χ3v) is 5.67. The highest BCUT2D eigenvalue weighted by Gasteiger charge is 2.19. The maximum atomic E-state index is 9.10. The van der Waals surface area contributed by atoms with E-state index in [0.717, 1.165) is 24.8 Å². The van der Waals surface area contributed by atoms with Gasteiger partial charge in [-0.1, -0.05) is 66.7 Å². The molecule has 1 aliphatic heterocycles. The third-order valence-electron chi connectivity index (χ3n) is 5.67. The van der Waals surface area contributed by atoms with Gasteiger partial charge in [-0.15, -0.1) is 0 Å². The summed E-state index contributed by atoms with van der Waals surface area (Å²) in [6.45, 7) is 4.16. The monoisotopic (exact) mass is 435 g/mol. The second kappa shape index (κ2) is 11.9. The van der Waals surface area contributed by atoms with Crippen molar-refractivity contribution in [2.75, 3.05) is 26.2 Å². The lowest BCUT2D eigenvalue weighted by atomic mass is 9.90.